The van der Waals surface area contributed by atoms with E-state index in [1.807, 2.05) is 54.6 Å². The van der Waals surface area contributed by atoms with Crippen LogP contribution in [0, 0.1) is 5.92 Å². The van der Waals surface area contributed by atoms with Crippen molar-refractivity contribution in [2.45, 2.75) is 19.4 Å². The zero-order valence-electron chi connectivity index (χ0n) is 16.9. The molecular formula is C24H26N4O2. The minimum Gasteiger partial charge on any atom is -0.352 e. The topological polar surface area (TPSA) is 74.3 Å². The first-order valence-electron chi connectivity index (χ1n) is 10.4. The van der Waals surface area contributed by atoms with Gasteiger partial charge in [0.15, 0.2) is 0 Å². The van der Waals surface area contributed by atoms with Crippen molar-refractivity contribution in [1.82, 2.24) is 15.2 Å². The number of likely N-dealkylation sites (tertiary alicyclic amines) is 1. The quantitative estimate of drug-likeness (QED) is 0.664. The normalized spacial score (nSPS) is 15.1. The number of nitrogens with one attached hydrogen (secondary N) is 2. The molecule has 0 atom stereocenters. The van der Waals surface area contributed by atoms with E-state index in [1.54, 1.807) is 12.4 Å². The van der Waals surface area contributed by atoms with Gasteiger partial charge in [-0.2, -0.15) is 0 Å². The number of carbonyl (C=O) groups excluding carboxylic acids is 2. The number of hydrogen-bond acceptors (Lipinski definition) is 4. The van der Waals surface area contributed by atoms with E-state index in [9.17, 15) is 9.59 Å². The fourth-order valence-corrected chi connectivity index (χ4v) is 3.91. The second kappa shape index (κ2) is 9.50. The first-order chi connectivity index (χ1) is 14.7. The highest BCUT2D eigenvalue weighted by atomic mass is 16.2. The van der Waals surface area contributed by atoms with Gasteiger partial charge in [0, 0.05) is 35.9 Å². The van der Waals surface area contributed by atoms with Gasteiger partial charge in [0.05, 0.1) is 6.54 Å². The van der Waals surface area contributed by atoms with Crippen LogP contribution in [0.1, 0.15) is 18.4 Å². The van der Waals surface area contributed by atoms with Gasteiger partial charge in [-0.05, 0) is 55.1 Å². The van der Waals surface area contributed by atoms with Crippen molar-refractivity contribution in [3.05, 3.63) is 72.6 Å². The van der Waals surface area contributed by atoms with Gasteiger partial charge in [-0.3, -0.25) is 19.5 Å². The Balaban J connectivity index is 1.24. The van der Waals surface area contributed by atoms with E-state index in [0.29, 0.717) is 13.1 Å². The standard InChI is InChI=1S/C24H26N4O2/c29-23(27-22-7-3-5-19-4-1-2-6-21(19)22)17-28-14-10-20(11-15-28)24(30)26-16-18-8-12-25-13-9-18/h1-9,12-13,20H,10-11,14-17H2,(H,26,30)(H,27,29). The fraction of sp³-hybridized carbons (Fsp3) is 0.292. The molecule has 4 rings (SSSR count). The van der Waals surface area contributed by atoms with Crippen molar-refractivity contribution >= 4 is 28.3 Å². The third-order valence-electron chi connectivity index (χ3n) is 5.61. The summed E-state index contributed by atoms with van der Waals surface area (Å²) < 4.78 is 0. The van der Waals surface area contributed by atoms with Crippen LogP contribution in [-0.4, -0.2) is 41.3 Å². The summed E-state index contributed by atoms with van der Waals surface area (Å²) in [6, 6.07) is 17.7. The third kappa shape index (κ3) is 5.02. The molecule has 0 radical (unpaired) electrons. The fourth-order valence-electron chi connectivity index (χ4n) is 3.91. The molecule has 2 N–H and O–H groups in total. The summed E-state index contributed by atoms with van der Waals surface area (Å²) in [5.41, 5.74) is 1.88. The smallest absolute Gasteiger partial charge is 0.238 e. The van der Waals surface area contributed by atoms with Crippen LogP contribution in [0.3, 0.4) is 0 Å². The molecule has 2 heterocycles. The average molecular weight is 402 g/mol. The summed E-state index contributed by atoms with van der Waals surface area (Å²) in [5, 5.41) is 8.19. The number of amides is 2. The molecule has 0 unspecified atom stereocenters. The second-order valence-corrected chi connectivity index (χ2v) is 7.70. The number of rotatable bonds is 6. The largest absolute Gasteiger partial charge is 0.352 e. The zero-order chi connectivity index (χ0) is 20.8. The minimum atomic E-state index is -0.0214. The van der Waals surface area contributed by atoms with Gasteiger partial charge in [-0.15, -0.1) is 0 Å². The van der Waals surface area contributed by atoms with Crippen molar-refractivity contribution < 1.29 is 9.59 Å². The first kappa shape index (κ1) is 20.0. The molecule has 2 amide bonds. The van der Waals surface area contributed by atoms with Crippen LogP contribution < -0.4 is 10.6 Å². The Kier molecular flexibility index (Phi) is 6.35. The summed E-state index contributed by atoms with van der Waals surface area (Å²) in [5.74, 6) is 0.0721. The van der Waals surface area contributed by atoms with Crippen LogP contribution in [0.25, 0.3) is 10.8 Å². The van der Waals surface area contributed by atoms with Crippen molar-refractivity contribution in [2.75, 3.05) is 25.0 Å². The van der Waals surface area contributed by atoms with Gasteiger partial charge < -0.3 is 10.6 Å². The van der Waals surface area contributed by atoms with Gasteiger partial charge in [0.1, 0.15) is 0 Å². The highest BCUT2D eigenvalue weighted by molar-refractivity contribution is 6.02. The number of pyridine rings is 1. The van der Waals surface area contributed by atoms with Crippen molar-refractivity contribution in [2.24, 2.45) is 5.92 Å². The highest BCUT2D eigenvalue weighted by Crippen LogP contribution is 2.23. The van der Waals surface area contributed by atoms with E-state index < -0.39 is 0 Å². The maximum absolute atomic E-state index is 12.6. The van der Waals surface area contributed by atoms with E-state index >= 15 is 0 Å². The molecule has 0 saturated carbocycles. The number of benzene rings is 2. The molecule has 30 heavy (non-hydrogen) atoms. The molecule has 0 bridgehead atoms. The molecule has 1 aliphatic rings. The highest BCUT2D eigenvalue weighted by Gasteiger charge is 2.25. The molecule has 0 spiro atoms. The third-order valence-corrected chi connectivity index (χ3v) is 5.61. The van der Waals surface area contributed by atoms with Gasteiger partial charge in [-0.1, -0.05) is 36.4 Å². The van der Waals surface area contributed by atoms with E-state index in [1.165, 1.54) is 0 Å². The lowest BCUT2D eigenvalue weighted by Crippen LogP contribution is -2.43. The summed E-state index contributed by atoms with van der Waals surface area (Å²) in [6.07, 6.45) is 4.99. The van der Waals surface area contributed by atoms with E-state index in [2.05, 4.69) is 20.5 Å². The van der Waals surface area contributed by atoms with Crippen LogP contribution in [0.2, 0.25) is 0 Å². The SMILES string of the molecule is O=C(CN1CCC(C(=O)NCc2ccncc2)CC1)Nc1cccc2ccccc12. The maximum atomic E-state index is 12.6. The molecule has 3 aromatic rings. The molecule has 1 aromatic heterocycles. The summed E-state index contributed by atoms with van der Waals surface area (Å²) in [6.45, 7) is 2.36. The summed E-state index contributed by atoms with van der Waals surface area (Å²) in [4.78, 5) is 31.1. The number of aromatic nitrogens is 1. The van der Waals surface area contributed by atoms with Crippen LogP contribution in [0.4, 0.5) is 5.69 Å². The number of anilines is 1. The molecule has 1 fully saturated rings. The van der Waals surface area contributed by atoms with Crippen LogP contribution in [0.15, 0.2) is 67.0 Å². The van der Waals surface area contributed by atoms with Gasteiger partial charge in [0.2, 0.25) is 11.8 Å². The van der Waals surface area contributed by atoms with Gasteiger partial charge >= 0.3 is 0 Å². The monoisotopic (exact) mass is 402 g/mol. The van der Waals surface area contributed by atoms with E-state index in [-0.39, 0.29) is 17.7 Å². The van der Waals surface area contributed by atoms with Crippen LogP contribution >= 0.6 is 0 Å². The summed E-state index contributed by atoms with van der Waals surface area (Å²) in [7, 11) is 0. The predicted octanol–water partition coefficient (Wildman–Crippen LogP) is 3.20. The molecule has 6 nitrogen and oxygen atoms in total. The lowest BCUT2D eigenvalue weighted by molar-refractivity contribution is -0.126. The summed E-state index contributed by atoms with van der Waals surface area (Å²) >= 11 is 0. The molecule has 6 heteroatoms. The van der Waals surface area contributed by atoms with Crippen molar-refractivity contribution in [3.63, 3.8) is 0 Å². The minimum absolute atomic E-state index is 0.00390. The molecule has 1 saturated heterocycles. The van der Waals surface area contributed by atoms with Gasteiger partial charge in [0.25, 0.3) is 0 Å². The molecule has 0 aliphatic carbocycles. The Morgan fingerprint density at radius 1 is 0.967 bits per heavy atom. The van der Waals surface area contributed by atoms with Gasteiger partial charge in [-0.25, -0.2) is 0 Å². The lowest BCUT2D eigenvalue weighted by Gasteiger charge is -2.30. The Labute approximate surface area is 176 Å². The second-order valence-electron chi connectivity index (χ2n) is 7.70. The number of fused-ring (bicyclic) bond motifs is 1. The van der Waals surface area contributed by atoms with E-state index in [0.717, 1.165) is 48.0 Å². The number of nitrogens with zero attached hydrogens (tertiary/aromatic N) is 2. The average Bonchev–Trinajstić information content (AvgIpc) is 2.79. The Morgan fingerprint density at radius 2 is 1.70 bits per heavy atom. The Hall–Kier alpha value is -3.25. The Bertz CT molecular complexity index is 1010. The Morgan fingerprint density at radius 3 is 2.50 bits per heavy atom. The number of piperidine rings is 1. The number of carbonyl (C=O) groups is 2. The molecular weight excluding hydrogens is 376 g/mol. The maximum Gasteiger partial charge on any atom is 0.238 e. The van der Waals surface area contributed by atoms with Crippen molar-refractivity contribution in [3.8, 4) is 0 Å². The predicted molar refractivity (Wildman–Crippen MR) is 118 cm³/mol. The zero-order valence-corrected chi connectivity index (χ0v) is 16.9. The number of hydrogen-bond donors (Lipinski definition) is 2. The van der Waals surface area contributed by atoms with E-state index in [4.69, 9.17) is 0 Å². The van der Waals surface area contributed by atoms with Crippen LogP contribution in [0.5, 0.6) is 0 Å². The molecule has 1 aliphatic heterocycles. The first-order valence-corrected chi connectivity index (χ1v) is 10.4. The molecule has 2 aromatic carbocycles. The lowest BCUT2D eigenvalue weighted by atomic mass is 9.96. The molecule has 154 valence electrons. The van der Waals surface area contributed by atoms with Crippen LogP contribution in [-0.2, 0) is 16.1 Å². The van der Waals surface area contributed by atoms with Crippen molar-refractivity contribution in [1.29, 1.82) is 0 Å².